The highest BCUT2D eigenvalue weighted by Crippen LogP contribution is 2.37. The first-order valence-electron chi connectivity index (χ1n) is 8.62. The monoisotopic (exact) mass is 360 g/mol. The van der Waals surface area contributed by atoms with Crippen molar-refractivity contribution in [1.82, 2.24) is 0 Å². The molecule has 1 aliphatic rings. The zero-order valence-corrected chi connectivity index (χ0v) is 15.0. The molecule has 1 aliphatic carbocycles. The van der Waals surface area contributed by atoms with E-state index in [4.69, 9.17) is 4.74 Å². The fourth-order valence-electron chi connectivity index (χ4n) is 3.61. The third kappa shape index (κ3) is 2.83. The van der Waals surface area contributed by atoms with Crippen molar-refractivity contribution in [3.05, 3.63) is 88.7 Å². The molecule has 0 bridgehead atoms. The summed E-state index contributed by atoms with van der Waals surface area (Å²) in [4.78, 5) is 25.7. The smallest absolute Gasteiger partial charge is 0.178 e. The average Bonchev–Trinajstić information content (AvgIpc) is 2.92. The number of ether oxygens (including phenoxy) is 1. The van der Waals surface area contributed by atoms with Crippen LogP contribution < -0.4 is 4.74 Å². The van der Waals surface area contributed by atoms with E-state index < -0.39 is 11.7 Å². The minimum absolute atomic E-state index is 0.236. The molecule has 134 valence electrons. The molecule has 0 heterocycles. The maximum absolute atomic E-state index is 13.2. The van der Waals surface area contributed by atoms with Crippen LogP contribution in [-0.2, 0) is 0 Å². The van der Waals surface area contributed by atoms with Crippen LogP contribution in [0.5, 0.6) is 5.75 Å². The number of hydrogen-bond acceptors (Lipinski definition) is 3. The highest BCUT2D eigenvalue weighted by atomic mass is 19.1. The quantitative estimate of drug-likeness (QED) is 0.619. The Hall–Kier alpha value is -3.27. The lowest BCUT2D eigenvalue weighted by atomic mass is 9.94. The molecule has 1 unspecified atom stereocenters. The van der Waals surface area contributed by atoms with Gasteiger partial charge in [0, 0.05) is 11.1 Å². The van der Waals surface area contributed by atoms with Gasteiger partial charge in [0.25, 0.3) is 0 Å². The van der Waals surface area contributed by atoms with Crippen LogP contribution in [0, 0.1) is 12.7 Å². The lowest BCUT2D eigenvalue weighted by Crippen LogP contribution is -2.12. The lowest BCUT2D eigenvalue weighted by Gasteiger charge is -2.09. The minimum atomic E-state index is -0.896. The molecular formula is C23H17FO3. The number of Topliss-reactive ketones (excluding diaryl/α,β-unsaturated/α-hetero) is 2. The molecule has 27 heavy (non-hydrogen) atoms. The van der Waals surface area contributed by atoms with Crippen LogP contribution in [-0.4, -0.2) is 18.7 Å². The third-order valence-corrected chi connectivity index (χ3v) is 5.02. The van der Waals surface area contributed by atoms with E-state index >= 15 is 0 Å². The number of hydrogen-bond donors (Lipinski definition) is 0. The van der Waals surface area contributed by atoms with E-state index in [-0.39, 0.29) is 11.6 Å². The molecular weight excluding hydrogens is 343 g/mol. The largest absolute Gasteiger partial charge is 0.497 e. The second kappa shape index (κ2) is 6.47. The Balaban J connectivity index is 1.76. The van der Waals surface area contributed by atoms with Crippen molar-refractivity contribution < 1.29 is 18.7 Å². The Kier molecular flexibility index (Phi) is 4.11. The molecule has 0 saturated carbocycles. The van der Waals surface area contributed by atoms with Crippen LogP contribution >= 0.6 is 0 Å². The van der Waals surface area contributed by atoms with Gasteiger partial charge in [-0.2, -0.15) is 0 Å². The van der Waals surface area contributed by atoms with Gasteiger partial charge in [-0.1, -0.05) is 30.3 Å². The fraction of sp³-hybridized carbons (Fsp3) is 0.130. The third-order valence-electron chi connectivity index (χ3n) is 5.02. The Morgan fingerprint density at radius 1 is 0.815 bits per heavy atom. The topological polar surface area (TPSA) is 43.4 Å². The van der Waals surface area contributed by atoms with Gasteiger partial charge in [0.05, 0.1) is 7.11 Å². The summed E-state index contributed by atoms with van der Waals surface area (Å²) in [5, 5.41) is 0. The number of benzene rings is 3. The highest BCUT2D eigenvalue weighted by Gasteiger charge is 2.39. The van der Waals surface area contributed by atoms with Crippen molar-refractivity contribution in [2.24, 2.45) is 0 Å². The van der Waals surface area contributed by atoms with Crippen molar-refractivity contribution in [3.8, 4) is 16.9 Å². The van der Waals surface area contributed by atoms with E-state index in [0.29, 0.717) is 16.7 Å². The predicted molar refractivity (Wildman–Crippen MR) is 101 cm³/mol. The SMILES string of the molecule is COc1ccc(-c2ccc3c(c2)C(=O)C(c2ccc(F)cc2)C3=O)c(C)c1. The molecule has 0 spiro atoms. The molecule has 4 heteroatoms. The summed E-state index contributed by atoms with van der Waals surface area (Å²) in [6.07, 6.45) is 0. The summed E-state index contributed by atoms with van der Waals surface area (Å²) in [5.74, 6) is -1.01. The summed E-state index contributed by atoms with van der Waals surface area (Å²) in [6.45, 7) is 1.97. The van der Waals surface area contributed by atoms with Gasteiger partial charge < -0.3 is 4.74 Å². The van der Waals surface area contributed by atoms with Gasteiger partial charge in [0.2, 0.25) is 0 Å². The molecule has 3 nitrogen and oxygen atoms in total. The first kappa shape index (κ1) is 17.2. The van der Waals surface area contributed by atoms with E-state index in [1.807, 2.05) is 31.2 Å². The fourth-order valence-corrected chi connectivity index (χ4v) is 3.61. The van der Waals surface area contributed by atoms with Gasteiger partial charge in [-0.3, -0.25) is 9.59 Å². The van der Waals surface area contributed by atoms with Crippen molar-refractivity contribution in [3.63, 3.8) is 0 Å². The molecule has 4 rings (SSSR count). The summed E-state index contributed by atoms with van der Waals surface area (Å²) in [6, 6.07) is 16.6. The number of halogens is 1. The molecule has 0 N–H and O–H groups in total. The molecule has 0 saturated heterocycles. The normalized spacial score (nSPS) is 15.7. The van der Waals surface area contributed by atoms with E-state index in [9.17, 15) is 14.0 Å². The molecule has 0 amide bonds. The number of fused-ring (bicyclic) bond motifs is 1. The summed E-state index contributed by atoms with van der Waals surface area (Å²) >= 11 is 0. The van der Waals surface area contributed by atoms with E-state index in [2.05, 4.69) is 0 Å². The number of carbonyl (C=O) groups excluding carboxylic acids is 2. The number of methoxy groups -OCH3 is 1. The number of ketones is 2. The molecule has 0 aliphatic heterocycles. The molecule has 0 fully saturated rings. The first-order valence-corrected chi connectivity index (χ1v) is 8.62. The zero-order chi connectivity index (χ0) is 19.1. The van der Waals surface area contributed by atoms with Crippen molar-refractivity contribution >= 4 is 11.6 Å². The maximum Gasteiger partial charge on any atom is 0.178 e. The van der Waals surface area contributed by atoms with Crippen LogP contribution in [0.4, 0.5) is 4.39 Å². The predicted octanol–water partition coefficient (Wildman–Crippen LogP) is 4.97. The maximum atomic E-state index is 13.2. The first-order chi connectivity index (χ1) is 13.0. The second-order valence-electron chi connectivity index (χ2n) is 6.65. The molecule has 3 aromatic rings. The van der Waals surface area contributed by atoms with Crippen molar-refractivity contribution in [2.45, 2.75) is 12.8 Å². The summed E-state index contributed by atoms with van der Waals surface area (Å²) in [7, 11) is 1.61. The minimum Gasteiger partial charge on any atom is -0.497 e. The Labute approximate surface area is 156 Å². The molecule has 1 atom stereocenters. The van der Waals surface area contributed by atoms with Crippen LogP contribution in [0.25, 0.3) is 11.1 Å². The van der Waals surface area contributed by atoms with Gasteiger partial charge in [-0.15, -0.1) is 0 Å². The number of aryl methyl sites for hydroxylation is 1. The molecule has 0 aromatic heterocycles. The highest BCUT2D eigenvalue weighted by molar-refractivity contribution is 6.30. The van der Waals surface area contributed by atoms with E-state index in [0.717, 1.165) is 22.4 Å². The standard InChI is InChI=1S/C23H17FO3/c1-13-11-17(27-2)8-10-18(13)15-5-9-19-20(12-15)23(26)21(22(19)25)14-3-6-16(24)7-4-14/h3-12,21H,1-2H3. The van der Waals surface area contributed by atoms with Gasteiger partial charge in [-0.25, -0.2) is 4.39 Å². The lowest BCUT2D eigenvalue weighted by molar-refractivity contribution is 0.0890. The zero-order valence-electron chi connectivity index (χ0n) is 15.0. The molecule has 0 radical (unpaired) electrons. The van der Waals surface area contributed by atoms with Crippen LogP contribution in [0.2, 0.25) is 0 Å². The Morgan fingerprint density at radius 3 is 2.15 bits per heavy atom. The van der Waals surface area contributed by atoms with Crippen molar-refractivity contribution in [1.29, 1.82) is 0 Å². The van der Waals surface area contributed by atoms with Crippen LogP contribution in [0.15, 0.2) is 60.7 Å². The average molecular weight is 360 g/mol. The summed E-state index contributed by atoms with van der Waals surface area (Å²) in [5.41, 5.74) is 4.22. The van der Waals surface area contributed by atoms with Crippen LogP contribution in [0.3, 0.4) is 0 Å². The van der Waals surface area contributed by atoms with Gasteiger partial charge in [0.15, 0.2) is 11.6 Å². The van der Waals surface area contributed by atoms with Gasteiger partial charge >= 0.3 is 0 Å². The van der Waals surface area contributed by atoms with Gasteiger partial charge in [-0.05, 0) is 59.5 Å². The van der Waals surface area contributed by atoms with Gasteiger partial charge in [0.1, 0.15) is 17.5 Å². The van der Waals surface area contributed by atoms with E-state index in [1.165, 1.54) is 24.3 Å². The van der Waals surface area contributed by atoms with Crippen LogP contribution in [0.1, 0.15) is 37.8 Å². The number of rotatable bonds is 3. The molecule has 3 aromatic carbocycles. The summed E-state index contributed by atoms with van der Waals surface area (Å²) < 4.78 is 18.4. The van der Waals surface area contributed by atoms with Crippen molar-refractivity contribution in [2.75, 3.05) is 7.11 Å². The Morgan fingerprint density at radius 2 is 1.48 bits per heavy atom. The second-order valence-corrected chi connectivity index (χ2v) is 6.65. The Bertz CT molecular complexity index is 1070. The van der Waals surface area contributed by atoms with E-state index in [1.54, 1.807) is 19.2 Å². The number of carbonyl (C=O) groups is 2.